The summed E-state index contributed by atoms with van der Waals surface area (Å²) in [5.74, 6) is 1.11. The highest BCUT2D eigenvalue weighted by Crippen LogP contribution is 2.33. The van der Waals surface area contributed by atoms with E-state index in [9.17, 15) is 4.79 Å². The lowest BCUT2D eigenvalue weighted by atomic mass is 10.1. The second-order valence-corrected chi connectivity index (χ2v) is 5.95. The third-order valence-electron chi connectivity index (χ3n) is 3.64. The van der Waals surface area contributed by atoms with E-state index >= 15 is 0 Å². The van der Waals surface area contributed by atoms with Crippen LogP contribution >= 0.6 is 23.2 Å². The Kier molecular flexibility index (Phi) is 4.43. The molecule has 6 heteroatoms. The van der Waals surface area contributed by atoms with Gasteiger partial charge in [-0.1, -0.05) is 23.2 Å². The Morgan fingerprint density at radius 3 is 2.59 bits per heavy atom. The standard InChI is InChI=1S/C16H15Cl2NO3/c1-10-13(16(20)19-4-6-21-7-5-19)9-15(22-10)12-3-2-11(17)8-14(12)18/h2-3,8-9H,4-7H2,1H3. The Labute approximate surface area is 138 Å². The highest BCUT2D eigenvalue weighted by atomic mass is 35.5. The van der Waals surface area contributed by atoms with Crippen LogP contribution in [0.5, 0.6) is 0 Å². The van der Waals surface area contributed by atoms with Crippen molar-refractivity contribution in [2.24, 2.45) is 0 Å². The maximum Gasteiger partial charge on any atom is 0.257 e. The topological polar surface area (TPSA) is 42.7 Å². The van der Waals surface area contributed by atoms with Crippen molar-refractivity contribution in [2.45, 2.75) is 6.92 Å². The second kappa shape index (κ2) is 6.32. The Bertz CT molecular complexity index is 705. The minimum absolute atomic E-state index is 0.0408. The number of morpholine rings is 1. The van der Waals surface area contributed by atoms with Gasteiger partial charge in [-0.15, -0.1) is 0 Å². The predicted octanol–water partition coefficient (Wildman–Crippen LogP) is 4.03. The van der Waals surface area contributed by atoms with Crippen LogP contribution < -0.4 is 0 Å². The molecule has 1 aromatic carbocycles. The molecule has 1 fully saturated rings. The van der Waals surface area contributed by atoms with Crippen molar-refractivity contribution in [1.29, 1.82) is 0 Å². The molecule has 0 atom stereocenters. The first kappa shape index (κ1) is 15.4. The van der Waals surface area contributed by atoms with Crippen LogP contribution in [0.15, 0.2) is 28.7 Å². The van der Waals surface area contributed by atoms with Gasteiger partial charge in [0.15, 0.2) is 0 Å². The number of ether oxygens (including phenoxy) is 1. The van der Waals surface area contributed by atoms with Gasteiger partial charge in [-0.2, -0.15) is 0 Å². The van der Waals surface area contributed by atoms with Crippen LogP contribution in [0.25, 0.3) is 11.3 Å². The van der Waals surface area contributed by atoms with Crippen molar-refractivity contribution in [2.75, 3.05) is 26.3 Å². The Balaban J connectivity index is 1.91. The molecule has 0 bridgehead atoms. The number of carbonyl (C=O) groups is 1. The minimum Gasteiger partial charge on any atom is -0.460 e. The Morgan fingerprint density at radius 1 is 1.18 bits per heavy atom. The predicted molar refractivity (Wildman–Crippen MR) is 85.6 cm³/mol. The van der Waals surface area contributed by atoms with Gasteiger partial charge >= 0.3 is 0 Å². The van der Waals surface area contributed by atoms with Crippen LogP contribution in [0, 0.1) is 6.92 Å². The minimum atomic E-state index is -0.0408. The van der Waals surface area contributed by atoms with E-state index in [-0.39, 0.29) is 5.91 Å². The number of rotatable bonds is 2. The summed E-state index contributed by atoms with van der Waals surface area (Å²) in [5, 5.41) is 1.05. The molecule has 116 valence electrons. The molecule has 0 spiro atoms. The molecular formula is C16H15Cl2NO3. The fraction of sp³-hybridized carbons (Fsp3) is 0.312. The zero-order valence-corrected chi connectivity index (χ0v) is 13.6. The number of furan rings is 1. The maximum absolute atomic E-state index is 12.6. The fourth-order valence-electron chi connectivity index (χ4n) is 2.45. The first-order valence-electron chi connectivity index (χ1n) is 6.99. The Morgan fingerprint density at radius 2 is 1.91 bits per heavy atom. The molecule has 1 saturated heterocycles. The van der Waals surface area contributed by atoms with Crippen LogP contribution in [0.3, 0.4) is 0 Å². The highest BCUT2D eigenvalue weighted by molar-refractivity contribution is 6.36. The normalized spacial score (nSPS) is 15.1. The van der Waals surface area contributed by atoms with Crippen molar-refractivity contribution >= 4 is 29.1 Å². The van der Waals surface area contributed by atoms with Crippen molar-refractivity contribution in [3.05, 3.63) is 45.6 Å². The zero-order valence-electron chi connectivity index (χ0n) is 12.1. The number of nitrogens with zero attached hydrogens (tertiary/aromatic N) is 1. The molecule has 1 aliphatic rings. The molecule has 1 amide bonds. The average molecular weight is 340 g/mol. The van der Waals surface area contributed by atoms with Gasteiger partial charge in [0.1, 0.15) is 11.5 Å². The smallest absolute Gasteiger partial charge is 0.257 e. The van der Waals surface area contributed by atoms with Gasteiger partial charge in [0.25, 0.3) is 5.91 Å². The molecule has 22 heavy (non-hydrogen) atoms. The third-order valence-corrected chi connectivity index (χ3v) is 4.19. The summed E-state index contributed by atoms with van der Waals surface area (Å²) in [6.07, 6.45) is 0. The van der Waals surface area contributed by atoms with E-state index in [1.54, 1.807) is 36.1 Å². The lowest BCUT2D eigenvalue weighted by Gasteiger charge is -2.26. The summed E-state index contributed by atoms with van der Waals surface area (Å²) in [7, 11) is 0. The van der Waals surface area contributed by atoms with E-state index in [0.717, 1.165) is 5.56 Å². The molecule has 0 saturated carbocycles. The number of aryl methyl sites for hydroxylation is 1. The first-order valence-corrected chi connectivity index (χ1v) is 7.75. The number of benzene rings is 1. The molecule has 0 N–H and O–H groups in total. The van der Waals surface area contributed by atoms with E-state index < -0.39 is 0 Å². The van der Waals surface area contributed by atoms with Crippen molar-refractivity contribution in [3.63, 3.8) is 0 Å². The van der Waals surface area contributed by atoms with Gasteiger partial charge in [0.05, 0.1) is 23.8 Å². The average Bonchev–Trinajstić information content (AvgIpc) is 2.89. The van der Waals surface area contributed by atoms with Gasteiger partial charge in [0, 0.05) is 23.7 Å². The van der Waals surface area contributed by atoms with E-state index in [2.05, 4.69) is 0 Å². The van der Waals surface area contributed by atoms with Gasteiger partial charge in [-0.25, -0.2) is 0 Å². The quantitative estimate of drug-likeness (QED) is 0.829. The van der Waals surface area contributed by atoms with Crippen molar-refractivity contribution in [1.82, 2.24) is 4.90 Å². The summed E-state index contributed by atoms with van der Waals surface area (Å²) in [6.45, 7) is 4.11. The number of carbonyl (C=O) groups excluding carboxylic acids is 1. The molecule has 1 aliphatic heterocycles. The maximum atomic E-state index is 12.6. The van der Waals surface area contributed by atoms with E-state index in [1.165, 1.54) is 0 Å². The Hall–Kier alpha value is -1.49. The first-order chi connectivity index (χ1) is 10.6. The molecule has 1 aromatic heterocycles. The molecule has 2 aromatic rings. The summed E-state index contributed by atoms with van der Waals surface area (Å²) in [5.41, 5.74) is 1.28. The molecule has 2 heterocycles. The van der Waals surface area contributed by atoms with E-state index in [4.69, 9.17) is 32.4 Å². The summed E-state index contributed by atoms with van der Waals surface area (Å²) in [6, 6.07) is 6.91. The lowest BCUT2D eigenvalue weighted by Crippen LogP contribution is -2.40. The summed E-state index contributed by atoms with van der Waals surface area (Å²) >= 11 is 12.1. The van der Waals surface area contributed by atoms with Gasteiger partial charge in [-0.3, -0.25) is 4.79 Å². The van der Waals surface area contributed by atoms with E-state index in [0.29, 0.717) is 53.4 Å². The van der Waals surface area contributed by atoms with Gasteiger partial charge < -0.3 is 14.1 Å². The second-order valence-electron chi connectivity index (χ2n) is 5.11. The van der Waals surface area contributed by atoms with Crippen LogP contribution in [0.1, 0.15) is 16.1 Å². The van der Waals surface area contributed by atoms with Crippen molar-refractivity contribution in [3.8, 4) is 11.3 Å². The molecule has 0 radical (unpaired) electrons. The third kappa shape index (κ3) is 3.00. The van der Waals surface area contributed by atoms with Crippen LogP contribution in [-0.2, 0) is 4.74 Å². The molecule has 0 aliphatic carbocycles. The largest absolute Gasteiger partial charge is 0.460 e. The van der Waals surface area contributed by atoms with Gasteiger partial charge in [-0.05, 0) is 31.2 Å². The molecule has 3 rings (SSSR count). The monoisotopic (exact) mass is 339 g/mol. The molecule has 0 unspecified atom stereocenters. The highest BCUT2D eigenvalue weighted by Gasteiger charge is 2.23. The van der Waals surface area contributed by atoms with Crippen molar-refractivity contribution < 1.29 is 13.9 Å². The lowest BCUT2D eigenvalue weighted by molar-refractivity contribution is 0.0301. The molecule has 4 nitrogen and oxygen atoms in total. The van der Waals surface area contributed by atoms with Crippen LogP contribution in [0.2, 0.25) is 10.0 Å². The number of amides is 1. The van der Waals surface area contributed by atoms with Crippen LogP contribution in [-0.4, -0.2) is 37.1 Å². The molecular weight excluding hydrogens is 325 g/mol. The number of hydrogen-bond acceptors (Lipinski definition) is 3. The summed E-state index contributed by atoms with van der Waals surface area (Å²) < 4.78 is 11.0. The fourth-order valence-corrected chi connectivity index (χ4v) is 2.95. The van der Waals surface area contributed by atoms with E-state index in [1.807, 2.05) is 0 Å². The summed E-state index contributed by atoms with van der Waals surface area (Å²) in [4.78, 5) is 14.3. The number of hydrogen-bond donors (Lipinski definition) is 0. The van der Waals surface area contributed by atoms with Gasteiger partial charge in [0.2, 0.25) is 0 Å². The SMILES string of the molecule is Cc1oc(-c2ccc(Cl)cc2Cl)cc1C(=O)N1CCOCC1. The number of halogens is 2. The van der Waals surface area contributed by atoms with Crippen LogP contribution in [0.4, 0.5) is 0 Å². The zero-order chi connectivity index (χ0) is 15.7.